The predicted octanol–water partition coefficient (Wildman–Crippen LogP) is 2.84. The Kier molecular flexibility index (Phi) is 6.28. The number of likely N-dealkylation sites (tertiary alicyclic amines) is 1. The van der Waals surface area contributed by atoms with Crippen LogP contribution in [0.2, 0.25) is 0 Å². The smallest absolute Gasteiger partial charge is 0.227 e. The van der Waals surface area contributed by atoms with E-state index in [9.17, 15) is 4.79 Å². The van der Waals surface area contributed by atoms with Crippen LogP contribution in [0.4, 0.5) is 0 Å². The number of hydrogen-bond donors (Lipinski definition) is 1. The fourth-order valence-corrected chi connectivity index (χ4v) is 3.13. The highest BCUT2D eigenvalue weighted by molar-refractivity contribution is 14.1. The third kappa shape index (κ3) is 4.33. The van der Waals surface area contributed by atoms with Crippen LogP contribution in [0.25, 0.3) is 0 Å². The third-order valence-electron chi connectivity index (χ3n) is 3.91. The molecule has 112 valence electrons. The van der Waals surface area contributed by atoms with Crippen molar-refractivity contribution >= 4 is 40.9 Å². The molecular weight excluding hydrogens is 387 g/mol. The lowest BCUT2D eigenvalue weighted by Gasteiger charge is -2.42. The van der Waals surface area contributed by atoms with Gasteiger partial charge in [-0.25, -0.2) is 0 Å². The van der Waals surface area contributed by atoms with Crippen LogP contribution in [-0.4, -0.2) is 29.9 Å². The minimum atomic E-state index is 0. The summed E-state index contributed by atoms with van der Waals surface area (Å²) in [6.45, 7) is 5.83. The first-order valence-electron chi connectivity index (χ1n) is 6.66. The summed E-state index contributed by atoms with van der Waals surface area (Å²) in [5.74, 6) is 0.210. The van der Waals surface area contributed by atoms with Crippen molar-refractivity contribution in [3.05, 3.63) is 33.4 Å². The van der Waals surface area contributed by atoms with Crippen LogP contribution in [0.3, 0.4) is 0 Å². The van der Waals surface area contributed by atoms with Gasteiger partial charge < -0.3 is 10.6 Å². The number of nitrogens with zero attached hydrogens (tertiary/aromatic N) is 1. The Hall–Kier alpha value is -0.330. The first kappa shape index (κ1) is 17.7. The van der Waals surface area contributed by atoms with E-state index in [1.807, 2.05) is 23.1 Å². The van der Waals surface area contributed by atoms with E-state index < -0.39 is 0 Å². The van der Waals surface area contributed by atoms with Crippen LogP contribution >= 0.6 is 35.0 Å². The molecule has 1 saturated heterocycles. The molecule has 3 nitrogen and oxygen atoms in total. The molecule has 2 rings (SSSR count). The molecule has 0 spiro atoms. The number of benzene rings is 1. The highest BCUT2D eigenvalue weighted by Gasteiger charge is 2.35. The minimum absolute atomic E-state index is 0. The first-order valence-corrected chi connectivity index (χ1v) is 7.74. The van der Waals surface area contributed by atoms with Gasteiger partial charge in [0.15, 0.2) is 0 Å². The highest BCUT2D eigenvalue weighted by Crippen LogP contribution is 2.28. The fourth-order valence-electron chi connectivity index (χ4n) is 2.52. The number of rotatable bonds is 2. The minimum Gasteiger partial charge on any atom is -0.342 e. The van der Waals surface area contributed by atoms with Crippen LogP contribution in [-0.2, 0) is 11.2 Å². The van der Waals surface area contributed by atoms with Gasteiger partial charge in [-0.1, -0.05) is 26.0 Å². The topological polar surface area (TPSA) is 46.3 Å². The van der Waals surface area contributed by atoms with Gasteiger partial charge in [0.2, 0.25) is 5.91 Å². The van der Waals surface area contributed by atoms with Gasteiger partial charge >= 0.3 is 0 Å². The predicted molar refractivity (Wildman–Crippen MR) is 93.1 cm³/mol. The Bertz CT molecular complexity index is 479. The average molecular weight is 409 g/mol. The lowest BCUT2D eigenvalue weighted by molar-refractivity contribution is -0.133. The average Bonchev–Trinajstić information content (AvgIpc) is 2.32. The number of amides is 1. The lowest BCUT2D eigenvalue weighted by atomic mass is 9.79. The molecule has 1 aliphatic rings. The van der Waals surface area contributed by atoms with E-state index in [0.717, 1.165) is 25.1 Å². The highest BCUT2D eigenvalue weighted by atomic mass is 127. The number of carbonyl (C=O) groups is 1. The van der Waals surface area contributed by atoms with E-state index in [1.165, 1.54) is 3.57 Å². The van der Waals surface area contributed by atoms with E-state index in [0.29, 0.717) is 6.42 Å². The molecule has 0 aliphatic carbocycles. The monoisotopic (exact) mass is 408 g/mol. The van der Waals surface area contributed by atoms with Crippen molar-refractivity contribution < 1.29 is 4.79 Å². The second-order valence-electron chi connectivity index (χ2n) is 6.01. The summed E-state index contributed by atoms with van der Waals surface area (Å²) < 4.78 is 1.17. The molecule has 1 aromatic carbocycles. The molecular formula is C15H22ClIN2O. The molecule has 1 unspecified atom stereocenters. The SMILES string of the molecule is CC1(C)CN(C(=O)Cc2cccc(I)c2)CCC1N.Cl. The van der Waals surface area contributed by atoms with Crippen LogP contribution in [0.15, 0.2) is 24.3 Å². The number of halogens is 2. The van der Waals surface area contributed by atoms with Crippen molar-refractivity contribution in [1.82, 2.24) is 4.90 Å². The molecule has 1 amide bonds. The summed E-state index contributed by atoms with van der Waals surface area (Å²) in [5, 5.41) is 0. The van der Waals surface area contributed by atoms with Gasteiger partial charge in [-0.15, -0.1) is 12.4 Å². The summed E-state index contributed by atoms with van der Waals surface area (Å²) >= 11 is 2.27. The van der Waals surface area contributed by atoms with Gasteiger partial charge in [0.25, 0.3) is 0 Å². The quantitative estimate of drug-likeness (QED) is 0.765. The standard InChI is InChI=1S/C15H21IN2O.ClH/c1-15(2)10-18(7-6-13(15)17)14(19)9-11-4-3-5-12(16)8-11;/h3-5,8,13H,6-7,9-10,17H2,1-2H3;1H. The molecule has 0 bridgehead atoms. The Labute approximate surface area is 140 Å². The molecule has 1 fully saturated rings. The van der Waals surface area contributed by atoms with Gasteiger partial charge in [-0.2, -0.15) is 0 Å². The zero-order valence-corrected chi connectivity index (χ0v) is 14.9. The molecule has 1 aliphatic heterocycles. The summed E-state index contributed by atoms with van der Waals surface area (Å²) in [6, 6.07) is 8.31. The number of piperidine rings is 1. The lowest BCUT2D eigenvalue weighted by Crippen LogP contribution is -2.54. The number of hydrogen-bond acceptors (Lipinski definition) is 2. The van der Waals surface area contributed by atoms with Crippen molar-refractivity contribution in [2.75, 3.05) is 13.1 Å². The molecule has 1 atom stereocenters. The van der Waals surface area contributed by atoms with Gasteiger partial charge in [0.05, 0.1) is 6.42 Å². The molecule has 20 heavy (non-hydrogen) atoms. The van der Waals surface area contributed by atoms with Crippen molar-refractivity contribution in [3.8, 4) is 0 Å². The van der Waals surface area contributed by atoms with Crippen LogP contribution in [0.1, 0.15) is 25.8 Å². The molecule has 5 heteroatoms. The van der Waals surface area contributed by atoms with Gasteiger partial charge in [-0.05, 0) is 52.1 Å². The molecule has 0 saturated carbocycles. The Balaban J connectivity index is 0.00000200. The van der Waals surface area contributed by atoms with E-state index in [4.69, 9.17) is 5.73 Å². The van der Waals surface area contributed by atoms with Gasteiger partial charge in [-0.3, -0.25) is 4.79 Å². The van der Waals surface area contributed by atoms with Crippen LogP contribution in [0, 0.1) is 8.99 Å². The van der Waals surface area contributed by atoms with Crippen molar-refractivity contribution in [2.24, 2.45) is 11.1 Å². The second kappa shape index (κ2) is 7.09. The first-order chi connectivity index (χ1) is 8.88. The zero-order valence-electron chi connectivity index (χ0n) is 11.9. The normalized spacial score (nSPS) is 21.2. The van der Waals surface area contributed by atoms with Crippen molar-refractivity contribution in [2.45, 2.75) is 32.7 Å². The summed E-state index contributed by atoms with van der Waals surface area (Å²) in [6.07, 6.45) is 1.38. The van der Waals surface area contributed by atoms with Crippen molar-refractivity contribution in [3.63, 3.8) is 0 Å². The Morgan fingerprint density at radius 2 is 2.20 bits per heavy atom. The summed E-state index contributed by atoms with van der Waals surface area (Å²) in [5.41, 5.74) is 7.21. The molecule has 1 aromatic rings. The van der Waals surface area contributed by atoms with E-state index in [2.05, 4.69) is 42.5 Å². The Morgan fingerprint density at radius 3 is 2.80 bits per heavy atom. The van der Waals surface area contributed by atoms with Gasteiger partial charge in [0, 0.05) is 22.7 Å². The number of nitrogens with two attached hydrogens (primary N) is 1. The van der Waals surface area contributed by atoms with E-state index in [-0.39, 0.29) is 29.8 Å². The van der Waals surface area contributed by atoms with Crippen molar-refractivity contribution in [1.29, 1.82) is 0 Å². The largest absolute Gasteiger partial charge is 0.342 e. The zero-order chi connectivity index (χ0) is 14.0. The molecule has 2 N–H and O–H groups in total. The van der Waals surface area contributed by atoms with Crippen LogP contribution in [0.5, 0.6) is 0 Å². The fraction of sp³-hybridized carbons (Fsp3) is 0.533. The maximum atomic E-state index is 12.4. The van der Waals surface area contributed by atoms with Crippen LogP contribution < -0.4 is 5.73 Å². The third-order valence-corrected chi connectivity index (χ3v) is 4.58. The van der Waals surface area contributed by atoms with E-state index in [1.54, 1.807) is 0 Å². The number of carbonyl (C=O) groups excluding carboxylic acids is 1. The van der Waals surface area contributed by atoms with Gasteiger partial charge in [0.1, 0.15) is 0 Å². The second-order valence-corrected chi connectivity index (χ2v) is 7.25. The Morgan fingerprint density at radius 1 is 1.50 bits per heavy atom. The molecule has 0 radical (unpaired) electrons. The van der Waals surface area contributed by atoms with E-state index >= 15 is 0 Å². The molecule has 0 aromatic heterocycles. The summed E-state index contributed by atoms with van der Waals surface area (Å²) in [4.78, 5) is 14.3. The molecule has 1 heterocycles. The maximum Gasteiger partial charge on any atom is 0.227 e. The summed E-state index contributed by atoms with van der Waals surface area (Å²) in [7, 11) is 0. The maximum absolute atomic E-state index is 12.4.